The number of hydrogen-bond donors (Lipinski definition) is 2. The van der Waals surface area contributed by atoms with E-state index in [1.54, 1.807) is 6.92 Å². The van der Waals surface area contributed by atoms with Crippen LogP contribution in [0.5, 0.6) is 0 Å². The Kier molecular flexibility index (Phi) is 5.09. The van der Waals surface area contributed by atoms with Crippen molar-refractivity contribution in [3.8, 4) is 0 Å². The lowest BCUT2D eigenvalue weighted by Crippen LogP contribution is -2.32. The van der Waals surface area contributed by atoms with Gasteiger partial charge in [-0.3, -0.25) is 0 Å². The lowest BCUT2D eigenvalue weighted by atomic mass is 10.3. The second kappa shape index (κ2) is 5.96. The van der Waals surface area contributed by atoms with Crippen LogP contribution in [0.4, 0.5) is 10.1 Å². The summed E-state index contributed by atoms with van der Waals surface area (Å²) in [7, 11) is -2.31. The molecule has 0 aromatic heterocycles. The zero-order valence-corrected chi connectivity index (χ0v) is 12.3. The summed E-state index contributed by atoms with van der Waals surface area (Å²) in [6.45, 7) is 1.82. The molecule has 0 aliphatic rings. The molecule has 0 bridgehead atoms. The average Bonchev–Trinajstić information content (AvgIpc) is 2.30. The molecule has 1 atom stereocenters. The van der Waals surface area contributed by atoms with Gasteiger partial charge in [-0.05, 0) is 35.0 Å². The molecule has 0 aliphatic heterocycles. The molecule has 3 N–H and O–H groups in total. The first-order chi connectivity index (χ1) is 8.27. The van der Waals surface area contributed by atoms with E-state index in [9.17, 15) is 12.8 Å². The molecule has 0 saturated heterocycles. The molecule has 0 saturated carbocycles. The Morgan fingerprint density at radius 1 is 1.56 bits per heavy atom. The highest BCUT2D eigenvalue weighted by Gasteiger charge is 2.20. The molecular formula is C10H14BrFN2O3S. The summed E-state index contributed by atoms with van der Waals surface area (Å²) in [5.41, 5.74) is 5.36. The number of nitrogens with one attached hydrogen (secondary N) is 1. The van der Waals surface area contributed by atoms with Gasteiger partial charge >= 0.3 is 0 Å². The van der Waals surface area contributed by atoms with Gasteiger partial charge in [-0.1, -0.05) is 0 Å². The Balaban J connectivity index is 3.02. The molecule has 18 heavy (non-hydrogen) atoms. The minimum absolute atomic E-state index is 0.0388. The molecular weight excluding hydrogens is 327 g/mol. The van der Waals surface area contributed by atoms with Gasteiger partial charge in [-0.15, -0.1) is 0 Å². The van der Waals surface area contributed by atoms with Gasteiger partial charge in [-0.25, -0.2) is 17.5 Å². The summed E-state index contributed by atoms with van der Waals surface area (Å²) in [5.74, 6) is -0.614. The fourth-order valence-corrected chi connectivity index (χ4v) is 2.91. The van der Waals surface area contributed by atoms with Gasteiger partial charge in [0.2, 0.25) is 10.0 Å². The van der Waals surface area contributed by atoms with Crippen LogP contribution in [-0.4, -0.2) is 28.2 Å². The van der Waals surface area contributed by atoms with Gasteiger partial charge in [0, 0.05) is 13.7 Å². The second-order valence-electron chi connectivity index (χ2n) is 3.70. The Labute approximate surface area is 114 Å². The van der Waals surface area contributed by atoms with E-state index in [2.05, 4.69) is 20.7 Å². The Bertz CT molecular complexity index is 536. The van der Waals surface area contributed by atoms with Gasteiger partial charge in [0.25, 0.3) is 0 Å². The number of sulfonamides is 1. The molecule has 0 heterocycles. The molecule has 0 spiro atoms. The first-order valence-corrected chi connectivity index (χ1v) is 7.32. The minimum atomic E-state index is -3.79. The molecule has 1 rings (SSSR count). The number of nitrogens with two attached hydrogens (primary N) is 1. The number of rotatable bonds is 5. The molecule has 1 unspecified atom stereocenters. The van der Waals surface area contributed by atoms with Crippen LogP contribution in [0.1, 0.15) is 6.92 Å². The standard InChI is InChI=1S/C10H14BrFN2O3S/c1-6(17-2)5-14-18(15,16)10-3-7(11)8(12)4-9(10)13/h3-4,6,14H,5,13H2,1-2H3. The van der Waals surface area contributed by atoms with Crippen LogP contribution in [0.3, 0.4) is 0 Å². The summed E-state index contributed by atoms with van der Waals surface area (Å²) in [5, 5.41) is 0. The zero-order chi connectivity index (χ0) is 13.9. The third-order valence-electron chi connectivity index (χ3n) is 2.31. The largest absolute Gasteiger partial charge is 0.398 e. The number of ether oxygens (including phenoxy) is 1. The lowest BCUT2D eigenvalue weighted by molar-refractivity contribution is 0.122. The molecule has 1 aromatic carbocycles. The van der Waals surface area contributed by atoms with E-state index in [0.717, 1.165) is 12.1 Å². The van der Waals surface area contributed by atoms with Crippen molar-refractivity contribution in [3.05, 3.63) is 22.4 Å². The average molecular weight is 341 g/mol. The molecule has 0 fully saturated rings. The van der Waals surface area contributed by atoms with Crippen LogP contribution in [0.2, 0.25) is 0 Å². The Morgan fingerprint density at radius 3 is 2.72 bits per heavy atom. The summed E-state index contributed by atoms with van der Waals surface area (Å²) in [6, 6.07) is 2.09. The predicted molar refractivity (Wildman–Crippen MR) is 70.2 cm³/mol. The molecule has 5 nitrogen and oxygen atoms in total. The normalized spacial score (nSPS) is 13.6. The zero-order valence-electron chi connectivity index (χ0n) is 9.91. The molecule has 1 aromatic rings. The van der Waals surface area contributed by atoms with Gasteiger partial charge < -0.3 is 10.5 Å². The topological polar surface area (TPSA) is 81.4 Å². The van der Waals surface area contributed by atoms with Crippen molar-refractivity contribution in [1.29, 1.82) is 0 Å². The number of benzene rings is 1. The van der Waals surface area contributed by atoms with Crippen LogP contribution in [0.25, 0.3) is 0 Å². The molecule has 0 aliphatic carbocycles. The minimum Gasteiger partial charge on any atom is -0.398 e. The first-order valence-electron chi connectivity index (χ1n) is 5.05. The highest BCUT2D eigenvalue weighted by atomic mass is 79.9. The number of hydrogen-bond acceptors (Lipinski definition) is 4. The van der Waals surface area contributed by atoms with Crippen molar-refractivity contribution < 1.29 is 17.5 Å². The number of halogens is 2. The third-order valence-corrected chi connectivity index (χ3v) is 4.39. The quantitative estimate of drug-likeness (QED) is 0.795. The lowest BCUT2D eigenvalue weighted by Gasteiger charge is -2.13. The SMILES string of the molecule is COC(C)CNS(=O)(=O)c1cc(Br)c(F)cc1N. The maximum Gasteiger partial charge on any atom is 0.242 e. The van der Waals surface area contributed by atoms with Gasteiger partial charge in [-0.2, -0.15) is 0 Å². The Morgan fingerprint density at radius 2 is 2.17 bits per heavy atom. The van der Waals surface area contributed by atoms with Crippen LogP contribution >= 0.6 is 15.9 Å². The highest BCUT2D eigenvalue weighted by Crippen LogP contribution is 2.25. The van der Waals surface area contributed by atoms with Gasteiger partial charge in [0.05, 0.1) is 16.3 Å². The molecule has 102 valence electrons. The summed E-state index contributed by atoms with van der Waals surface area (Å²) in [6.07, 6.45) is -0.273. The van der Waals surface area contributed by atoms with Gasteiger partial charge in [0.15, 0.2) is 0 Å². The molecule has 0 radical (unpaired) electrons. The summed E-state index contributed by atoms with van der Waals surface area (Å²) >= 11 is 2.92. The van der Waals surface area contributed by atoms with Crippen molar-refractivity contribution in [3.63, 3.8) is 0 Å². The van der Waals surface area contributed by atoms with Crippen LogP contribution in [-0.2, 0) is 14.8 Å². The maximum absolute atomic E-state index is 13.2. The fraction of sp³-hybridized carbons (Fsp3) is 0.400. The number of anilines is 1. The Hall–Kier alpha value is -0.700. The van der Waals surface area contributed by atoms with Crippen LogP contribution < -0.4 is 10.5 Å². The highest BCUT2D eigenvalue weighted by molar-refractivity contribution is 9.10. The van der Waals surface area contributed by atoms with E-state index < -0.39 is 15.8 Å². The first kappa shape index (κ1) is 15.4. The van der Waals surface area contributed by atoms with Crippen molar-refractivity contribution >= 4 is 31.6 Å². The maximum atomic E-state index is 13.2. The smallest absolute Gasteiger partial charge is 0.242 e. The third kappa shape index (κ3) is 3.64. The molecule has 8 heteroatoms. The van der Waals surface area contributed by atoms with Crippen LogP contribution in [0.15, 0.2) is 21.5 Å². The van der Waals surface area contributed by atoms with E-state index >= 15 is 0 Å². The number of methoxy groups -OCH3 is 1. The van der Waals surface area contributed by atoms with Crippen molar-refractivity contribution in [2.75, 3.05) is 19.4 Å². The van der Waals surface area contributed by atoms with Crippen molar-refractivity contribution in [1.82, 2.24) is 4.72 Å². The van der Waals surface area contributed by atoms with Gasteiger partial charge in [0.1, 0.15) is 10.7 Å². The van der Waals surface area contributed by atoms with E-state index in [1.165, 1.54) is 7.11 Å². The summed E-state index contributed by atoms with van der Waals surface area (Å²) in [4.78, 5) is -0.168. The van der Waals surface area contributed by atoms with E-state index in [0.29, 0.717) is 0 Å². The van der Waals surface area contributed by atoms with E-state index in [4.69, 9.17) is 10.5 Å². The molecule has 0 amide bonds. The second-order valence-corrected chi connectivity index (χ2v) is 6.29. The van der Waals surface area contributed by atoms with E-state index in [-0.39, 0.29) is 27.7 Å². The monoisotopic (exact) mass is 340 g/mol. The fourth-order valence-electron chi connectivity index (χ4n) is 1.16. The van der Waals surface area contributed by atoms with E-state index in [1.807, 2.05) is 0 Å². The number of nitrogen functional groups attached to an aromatic ring is 1. The van der Waals surface area contributed by atoms with Crippen LogP contribution in [0, 0.1) is 5.82 Å². The van der Waals surface area contributed by atoms with Crippen molar-refractivity contribution in [2.24, 2.45) is 0 Å². The van der Waals surface area contributed by atoms with Crippen molar-refractivity contribution in [2.45, 2.75) is 17.9 Å². The summed E-state index contributed by atoms with van der Waals surface area (Å²) < 4.78 is 44.4. The predicted octanol–water partition coefficient (Wildman–Crippen LogP) is 1.48.